The first-order valence-electron chi connectivity index (χ1n) is 7.38. The second-order valence-corrected chi connectivity index (χ2v) is 5.20. The van der Waals surface area contributed by atoms with Crippen LogP contribution in [-0.2, 0) is 6.42 Å². The Hall–Kier alpha value is -1.02. The van der Waals surface area contributed by atoms with E-state index in [1.165, 1.54) is 43.6 Å². The molecule has 0 unspecified atom stereocenters. The average molecular weight is 246 g/mol. The van der Waals surface area contributed by atoms with E-state index in [1.807, 2.05) is 0 Å². The van der Waals surface area contributed by atoms with Gasteiger partial charge in [-0.3, -0.25) is 0 Å². The fraction of sp³-hybridized carbons (Fsp3) is 0.625. The Balaban J connectivity index is 2.10. The number of nitrogens with one attached hydrogen (secondary N) is 1. The van der Waals surface area contributed by atoms with E-state index in [4.69, 9.17) is 0 Å². The molecule has 1 fully saturated rings. The molecule has 0 spiro atoms. The lowest BCUT2D eigenvalue weighted by Crippen LogP contribution is -2.29. The van der Waals surface area contributed by atoms with Crippen molar-refractivity contribution in [2.75, 3.05) is 31.1 Å². The molecule has 1 aliphatic heterocycles. The van der Waals surface area contributed by atoms with Crippen molar-refractivity contribution in [2.45, 2.75) is 33.1 Å². The summed E-state index contributed by atoms with van der Waals surface area (Å²) in [5.41, 5.74) is 2.98. The molecule has 0 bridgehead atoms. The Bertz CT molecular complexity index is 352. The zero-order valence-electron chi connectivity index (χ0n) is 11.8. The van der Waals surface area contributed by atoms with Crippen LogP contribution in [0.2, 0.25) is 0 Å². The summed E-state index contributed by atoms with van der Waals surface area (Å²) in [6, 6.07) is 8.95. The van der Waals surface area contributed by atoms with E-state index in [2.05, 4.69) is 48.3 Å². The highest BCUT2D eigenvalue weighted by molar-refractivity contribution is 5.53. The van der Waals surface area contributed by atoms with Crippen LogP contribution in [0.4, 0.5) is 5.69 Å². The maximum Gasteiger partial charge on any atom is 0.0398 e. The molecule has 2 rings (SSSR count). The van der Waals surface area contributed by atoms with Gasteiger partial charge in [-0.25, -0.2) is 0 Å². The highest BCUT2D eigenvalue weighted by atomic mass is 15.1. The summed E-state index contributed by atoms with van der Waals surface area (Å²) in [5, 5.41) is 3.45. The van der Waals surface area contributed by atoms with Gasteiger partial charge < -0.3 is 10.2 Å². The summed E-state index contributed by atoms with van der Waals surface area (Å²) < 4.78 is 0. The van der Waals surface area contributed by atoms with E-state index in [0.29, 0.717) is 0 Å². The van der Waals surface area contributed by atoms with Gasteiger partial charge in [0.1, 0.15) is 0 Å². The van der Waals surface area contributed by atoms with E-state index in [9.17, 15) is 0 Å². The quantitative estimate of drug-likeness (QED) is 0.859. The molecule has 2 heteroatoms. The third kappa shape index (κ3) is 3.26. The molecule has 18 heavy (non-hydrogen) atoms. The first-order valence-corrected chi connectivity index (χ1v) is 7.38. The van der Waals surface area contributed by atoms with Crippen LogP contribution in [-0.4, -0.2) is 26.2 Å². The van der Waals surface area contributed by atoms with Crippen molar-refractivity contribution in [1.82, 2.24) is 5.32 Å². The van der Waals surface area contributed by atoms with Crippen LogP contribution in [0.5, 0.6) is 0 Å². The molecule has 1 aromatic carbocycles. The molecular formula is C16H26N2. The normalized spacial score (nSPS) is 16.8. The summed E-state index contributed by atoms with van der Waals surface area (Å²) >= 11 is 0. The predicted molar refractivity (Wildman–Crippen MR) is 79.3 cm³/mol. The van der Waals surface area contributed by atoms with Crippen molar-refractivity contribution in [2.24, 2.45) is 5.92 Å². The maximum absolute atomic E-state index is 3.45. The molecule has 0 amide bonds. The van der Waals surface area contributed by atoms with E-state index in [-0.39, 0.29) is 0 Å². The van der Waals surface area contributed by atoms with Crippen LogP contribution in [0, 0.1) is 5.92 Å². The number of piperidine rings is 1. The fourth-order valence-corrected chi connectivity index (χ4v) is 2.95. The van der Waals surface area contributed by atoms with Crippen LogP contribution in [0.3, 0.4) is 0 Å². The molecule has 2 nitrogen and oxygen atoms in total. The molecule has 100 valence electrons. The van der Waals surface area contributed by atoms with Crippen molar-refractivity contribution in [3.8, 4) is 0 Å². The number of para-hydroxylation sites is 1. The monoisotopic (exact) mass is 246 g/mol. The smallest absolute Gasteiger partial charge is 0.0398 e. The van der Waals surface area contributed by atoms with Gasteiger partial charge in [0.25, 0.3) is 0 Å². The first-order chi connectivity index (χ1) is 8.85. The van der Waals surface area contributed by atoms with Gasteiger partial charge in [0, 0.05) is 18.8 Å². The van der Waals surface area contributed by atoms with Crippen LogP contribution in [0.25, 0.3) is 0 Å². The summed E-state index contributed by atoms with van der Waals surface area (Å²) in [5.74, 6) is 0.864. The van der Waals surface area contributed by atoms with Crippen molar-refractivity contribution in [1.29, 1.82) is 0 Å². The lowest BCUT2D eigenvalue weighted by atomic mass is 9.90. The lowest BCUT2D eigenvalue weighted by Gasteiger charge is -2.27. The van der Waals surface area contributed by atoms with Gasteiger partial charge >= 0.3 is 0 Å². The van der Waals surface area contributed by atoms with Gasteiger partial charge in [-0.1, -0.05) is 18.2 Å². The molecule has 0 saturated carbocycles. The Labute approximate surface area is 111 Å². The Morgan fingerprint density at radius 1 is 1.11 bits per heavy atom. The van der Waals surface area contributed by atoms with E-state index >= 15 is 0 Å². The zero-order valence-corrected chi connectivity index (χ0v) is 11.8. The van der Waals surface area contributed by atoms with Crippen LogP contribution >= 0.6 is 0 Å². The second kappa shape index (κ2) is 6.79. The Morgan fingerprint density at radius 3 is 2.44 bits per heavy atom. The second-order valence-electron chi connectivity index (χ2n) is 5.20. The highest BCUT2D eigenvalue weighted by Gasteiger charge is 2.16. The number of nitrogens with zero attached hydrogens (tertiary/aromatic N) is 1. The summed E-state index contributed by atoms with van der Waals surface area (Å²) in [7, 11) is 0. The molecule has 0 aromatic heterocycles. The molecule has 1 N–H and O–H groups in total. The minimum absolute atomic E-state index is 0.864. The van der Waals surface area contributed by atoms with Crippen molar-refractivity contribution >= 4 is 5.69 Å². The molecule has 0 atom stereocenters. The van der Waals surface area contributed by atoms with Crippen LogP contribution < -0.4 is 10.2 Å². The molecule has 0 aliphatic carbocycles. The topological polar surface area (TPSA) is 15.3 Å². The fourth-order valence-electron chi connectivity index (χ4n) is 2.95. The number of hydrogen-bond acceptors (Lipinski definition) is 2. The van der Waals surface area contributed by atoms with Crippen LogP contribution in [0.1, 0.15) is 32.3 Å². The minimum atomic E-state index is 0.864. The van der Waals surface area contributed by atoms with Gasteiger partial charge in [0.05, 0.1) is 0 Å². The highest BCUT2D eigenvalue weighted by Crippen LogP contribution is 2.26. The number of benzene rings is 1. The van der Waals surface area contributed by atoms with E-state index in [1.54, 1.807) is 0 Å². The van der Waals surface area contributed by atoms with Crippen molar-refractivity contribution < 1.29 is 0 Å². The largest absolute Gasteiger partial charge is 0.372 e. The molecule has 1 aromatic rings. The SMILES string of the molecule is CCN(CC)c1ccccc1CC1CCNCC1. The van der Waals surface area contributed by atoms with E-state index in [0.717, 1.165) is 19.0 Å². The Kier molecular flexibility index (Phi) is 5.06. The molecule has 1 aliphatic rings. The standard InChI is InChI=1S/C16H26N2/c1-3-18(4-2)16-8-6-5-7-15(16)13-14-9-11-17-12-10-14/h5-8,14,17H,3-4,9-13H2,1-2H3. The molecule has 1 heterocycles. The average Bonchev–Trinajstić information content (AvgIpc) is 2.43. The van der Waals surface area contributed by atoms with Gasteiger partial charge in [0.15, 0.2) is 0 Å². The molecular weight excluding hydrogens is 220 g/mol. The third-order valence-corrected chi connectivity index (χ3v) is 4.06. The van der Waals surface area contributed by atoms with Crippen molar-refractivity contribution in [3.63, 3.8) is 0 Å². The van der Waals surface area contributed by atoms with Crippen molar-refractivity contribution in [3.05, 3.63) is 29.8 Å². The maximum atomic E-state index is 3.45. The Morgan fingerprint density at radius 2 is 1.78 bits per heavy atom. The number of anilines is 1. The third-order valence-electron chi connectivity index (χ3n) is 4.06. The van der Waals surface area contributed by atoms with Gasteiger partial charge in [-0.2, -0.15) is 0 Å². The van der Waals surface area contributed by atoms with Gasteiger partial charge in [0.2, 0.25) is 0 Å². The predicted octanol–water partition coefficient (Wildman–Crippen LogP) is 3.07. The van der Waals surface area contributed by atoms with E-state index < -0.39 is 0 Å². The van der Waals surface area contributed by atoms with Gasteiger partial charge in [-0.05, 0) is 63.7 Å². The number of rotatable bonds is 5. The summed E-state index contributed by atoms with van der Waals surface area (Å²) in [6.45, 7) is 9.06. The zero-order chi connectivity index (χ0) is 12.8. The van der Waals surface area contributed by atoms with Gasteiger partial charge in [-0.15, -0.1) is 0 Å². The summed E-state index contributed by atoms with van der Waals surface area (Å²) in [4.78, 5) is 2.47. The molecule has 1 saturated heterocycles. The van der Waals surface area contributed by atoms with Crippen LogP contribution in [0.15, 0.2) is 24.3 Å². The summed E-state index contributed by atoms with van der Waals surface area (Å²) in [6.07, 6.45) is 3.90. The first kappa shape index (κ1) is 13.4. The lowest BCUT2D eigenvalue weighted by molar-refractivity contribution is 0.372. The minimum Gasteiger partial charge on any atom is -0.372 e. The molecule has 0 radical (unpaired) electrons. The number of hydrogen-bond donors (Lipinski definition) is 1.